The minimum Gasteiger partial charge on any atom is -0.469 e. The summed E-state index contributed by atoms with van der Waals surface area (Å²) in [7, 11) is 4.33. The second kappa shape index (κ2) is 4.26. The third-order valence-corrected chi connectivity index (χ3v) is 4.88. The lowest BCUT2D eigenvalue weighted by molar-refractivity contribution is -0.253. The first-order valence-electron chi connectivity index (χ1n) is 6.44. The molecule has 4 fully saturated rings. The van der Waals surface area contributed by atoms with E-state index in [1.165, 1.54) is 21.3 Å². The van der Waals surface area contributed by atoms with E-state index in [-0.39, 0.29) is 29.5 Å². The van der Waals surface area contributed by atoms with Gasteiger partial charge in [0.1, 0.15) is 0 Å². The van der Waals surface area contributed by atoms with E-state index < -0.39 is 17.8 Å². The van der Waals surface area contributed by atoms with E-state index in [1.807, 2.05) is 0 Å². The third-order valence-electron chi connectivity index (χ3n) is 4.88. The van der Waals surface area contributed by atoms with E-state index in [0.717, 1.165) is 0 Å². The van der Waals surface area contributed by atoms with Crippen LogP contribution in [0.4, 0.5) is 0 Å². The Morgan fingerprint density at radius 3 is 2.68 bits per heavy atom. The Hall–Kier alpha value is -0.980. The Morgan fingerprint density at radius 2 is 2.11 bits per heavy atom. The van der Waals surface area contributed by atoms with Gasteiger partial charge in [-0.2, -0.15) is 0 Å². The van der Waals surface area contributed by atoms with Crippen LogP contribution in [0.2, 0.25) is 0 Å². The maximum absolute atomic E-state index is 12.5. The fraction of sp³-hybridized carbons (Fsp3) is 0.846. The van der Waals surface area contributed by atoms with Crippen molar-refractivity contribution in [3.63, 3.8) is 0 Å². The number of fused-ring (bicyclic) bond motifs is 1. The SMILES string of the molecule is COC(=O)[C@@H]1[C@@H](OC)[C@@H]2C[C@H]3CO[C@@](OC)(C2=O)[C@H]31. The number of hydrogen-bond donors (Lipinski definition) is 0. The van der Waals surface area contributed by atoms with E-state index in [0.29, 0.717) is 13.0 Å². The molecule has 0 aromatic carbocycles. The molecule has 0 aromatic rings. The maximum Gasteiger partial charge on any atom is 0.311 e. The van der Waals surface area contributed by atoms with Crippen molar-refractivity contribution in [1.82, 2.24) is 0 Å². The van der Waals surface area contributed by atoms with Gasteiger partial charge in [-0.1, -0.05) is 0 Å². The molecule has 6 atom stereocenters. The number of rotatable bonds is 3. The molecule has 4 aliphatic rings. The van der Waals surface area contributed by atoms with Crippen molar-refractivity contribution in [2.24, 2.45) is 23.7 Å². The monoisotopic (exact) mass is 270 g/mol. The van der Waals surface area contributed by atoms with Gasteiger partial charge in [-0.25, -0.2) is 0 Å². The lowest BCUT2D eigenvalue weighted by Crippen LogP contribution is -2.67. The standard InChI is InChI=1S/C13H18O6/c1-16-10-7-4-6-5-19-13(18-3,11(7)14)9(6)8(10)12(15)17-2/h6-10H,4-5H2,1-3H3/t6-,7-,8-,9+,10-,13+/m0/s1. The predicted molar refractivity (Wildman–Crippen MR) is 62.1 cm³/mol. The van der Waals surface area contributed by atoms with Crippen molar-refractivity contribution in [3.8, 4) is 0 Å². The number of esters is 1. The van der Waals surface area contributed by atoms with Gasteiger partial charge < -0.3 is 18.9 Å². The number of carbonyl (C=O) groups is 2. The molecule has 3 aliphatic carbocycles. The Kier molecular flexibility index (Phi) is 2.92. The summed E-state index contributed by atoms with van der Waals surface area (Å²) < 4.78 is 21.3. The van der Waals surface area contributed by atoms with Crippen LogP contribution in [-0.2, 0) is 28.5 Å². The Bertz CT molecular complexity index is 421. The highest BCUT2D eigenvalue weighted by Gasteiger charge is 2.72. The van der Waals surface area contributed by atoms with Gasteiger partial charge in [0.2, 0.25) is 5.79 Å². The van der Waals surface area contributed by atoms with Crippen molar-refractivity contribution in [1.29, 1.82) is 0 Å². The van der Waals surface area contributed by atoms with Gasteiger partial charge in [0.25, 0.3) is 0 Å². The van der Waals surface area contributed by atoms with E-state index in [1.54, 1.807) is 0 Å². The molecule has 0 radical (unpaired) electrons. The number of ketones is 1. The van der Waals surface area contributed by atoms with Crippen molar-refractivity contribution >= 4 is 11.8 Å². The van der Waals surface area contributed by atoms with E-state index in [9.17, 15) is 9.59 Å². The Morgan fingerprint density at radius 1 is 1.37 bits per heavy atom. The van der Waals surface area contributed by atoms with Gasteiger partial charge in [0, 0.05) is 20.1 Å². The van der Waals surface area contributed by atoms with Crippen LogP contribution in [0.25, 0.3) is 0 Å². The molecular weight excluding hydrogens is 252 g/mol. The molecule has 1 aliphatic heterocycles. The minimum atomic E-state index is -1.28. The van der Waals surface area contributed by atoms with Crippen molar-refractivity contribution in [2.75, 3.05) is 27.9 Å². The van der Waals surface area contributed by atoms with Crippen LogP contribution in [0.1, 0.15) is 6.42 Å². The number of methoxy groups -OCH3 is 3. The predicted octanol–water partition coefficient (Wildman–Crippen LogP) is -0.00150. The van der Waals surface area contributed by atoms with Crippen molar-refractivity contribution in [2.45, 2.75) is 18.3 Å². The summed E-state index contributed by atoms with van der Waals surface area (Å²) >= 11 is 0. The molecule has 0 unspecified atom stereocenters. The van der Waals surface area contributed by atoms with Gasteiger partial charge in [-0.05, 0) is 12.3 Å². The smallest absolute Gasteiger partial charge is 0.311 e. The maximum atomic E-state index is 12.5. The van der Waals surface area contributed by atoms with Gasteiger partial charge in [0.15, 0.2) is 5.78 Å². The van der Waals surface area contributed by atoms with Crippen LogP contribution < -0.4 is 0 Å². The molecule has 4 rings (SSSR count). The van der Waals surface area contributed by atoms with Gasteiger partial charge in [-0.15, -0.1) is 0 Å². The zero-order valence-electron chi connectivity index (χ0n) is 11.3. The number of ether oxygens (including phenoxy) is 4. The molecule has 6 nitrogen and oxygen atoms in total. The average Bonchev–Trinajstić information content (AvgIpc) is 2.77. The summed E-state index contributed by atoms with van der Waals surface area (Å²) in [4.78, 5) is 24.6. The molecule has 19 heavy (non-hydrogen) atoms. The number of carbonyl (C=O) groups excluding carboxylic acids is 2. The van der Waals surface area contributed by atoms with Gasteiger partial charge in [-0.3, -0.25) is 9.59 Å². The van der Waals surface area contributed by atoms with E-state index in [4.69, 9.17) is 18.9 Å². The summed E-state index contributed by atoms with van der Waals surface area (Å²) in [5.41, 5.74) is 0. The first kappa shape index (κ1) is 13.0. The summed E-state index contributed by atoms with van der Waals surface area (Å²) in [6.07, 6.45) is 0.256. The largest absolute Gasteiger partial charge is 0.469 e. The molecule has 106 valence electrons. The summed E-state index contributed by atoms with van der Waals surface area (Å²) in [6, 6.07) is 0. The van der Waals surface area contributed by atoms with Crippen LogP contribution in [0.15, 0.2) is 0 Å². The molecule has 1 saturated heterocycles. The Balaban J connectivity index is 2.07. The molecule has 6 heteroatoms. The van der Waals surface area contributed by atoms with Gasteiger partial charge >= 0.3 is 5.97 Å². The third kappa shape index (κ3) is 1.42. The first-order chi connectivity index (χ1) is 9.10. The summed E-state index contributed by atoms with van der Waals surface area (Å²) in [5, 5.41) is 0. The average molecular weight is 270 g/mol. The van der Waals surface area contributed by atoms with Gasteiger partial charge in [0.05, 0.1) is 31.7 Å². The second-order valence-electron chi connectivity index (χ2n) is 5.42. The fourth-order valence-electron chi connectivity index (χ4n) is 4.17. The first-order valence-corrected chi connectivity index (χ1v) is 6.44. The van der Waals surface area contributed by atoms with Crippen molar-refractivity contribution < 1.29 is 28.5 Å². The second-order valence-corrected chi connectivity index (χ2v) is 5.42. The molecule has 0 N–H and O–H groups in total. The van der Waals surface area contributed by atoms with Crippen LogP contribution >= 0.6 is 0 Å². The highest BCUT2D eigenvalue weighted by molar-refractivity contribution is 5.94. The normalized spacial score (nSPS) is 47.5. The lowest BCUT2D eigenvalue weighted by Gasteiger charge is -2.52. The quantitative estimate of drug-likeness (QED) is 0.672. The molecular formula is C13H18O6. The van der Waals surface area contributed by atoms with Crippen LogP contribution in [0, 0.1) is 23.7 Å². The zero-order chi connectivity index (χ0) is 13.8. The molecule has 0 aromatic heterocycles. The molecule has 0 spiro atoms. The highest BCUT2D eigenvalue weighted by Crippen LogP contribution is 2.58. The summed E-state index contributed by atoms with van der Waals surface area (Å²) in [6.45, 7) is 0.449. The number of hydrogen-bond acceptors (Lipinski definition) is 6. The van der Waals surface area contributed by atoms with Crippen LogP contribution in [0.5, 0.6) is 0 Å². The fourth-order valence-corrected chi connectivity index (χ4v) is 4.17. The minimum absolute atomic E-state index is 0.0965. The van der Waals surface area contributed by atoms with Crippen LogP contribution in [-0.4, -0.2) is 51.6 Å². The Labute approximate surface area is 111 Å². The van der Waals surface area contributed by atoms with E-state index in [2.05, 4.69) is 0 Å². The van der Waals surface area contributed by atoms with Crippen LogP contribution in [0.3, 0.4) is 0 Å². The molecule has 4 bridgehead atoms. The summed E-state index contributed by atoms with van der Waals surface area (Å²) in [5.74, 6) is -2.75. The molecule has 3 saturated carbocycles. The van der Waals surface area contributed by atoms with Crippen molar-refractivity contribution in [3.05, 3.63) is 0 Å². The van der Waals surface area contributed by atoms with E-state index >= 15 is 0 Å². The highest BCUT2D eigenvalue weighted by atomic mass is 16.7. The lowest BCUT2D eigenvalue weighted by atomic mass is 9.56. The zero-order valence-corrected chi connectivity index (χ0v) is 11.3. The molecule has 0 amide bonds. The molecule has 1 heterocycles. The topological polar surface area (TPSA) is 71.1 Å². The number of Topliss-reactive ketones (excluding diaryl/α,β-unsaturated/α-hetero) is 1.